The minimum atomic E-state index is -3.04. The summed E-state index contributed by atoms with van der Waals surface area (Å²) in [6.45, 7) is 2.45. The van der Waals surface area contributed by atoms with Crippen LogP contribution in [0, 0.1) is 5.92 Å². The summed E-state index contributed by atoms with van der Waals surface area (Å²) < 4.78 is 23.0. The van der Waals surface area contributed by atoms with E-state index < -0.39 is 9.84 Å². The molecule has 1 saturated heterocycles. The van der Waals surface area contributed by atoms with Gasteiger partial charge in [-0.2, -0.15) is 0 Å². The van der Waals surface area contributed by atoms with Gasteiger partial charge in [-0.3, -0.25) is 9.59 Å². The Bertz CT molecular complexity index is 463. The third-order valence-corrected chi connectivity index (χ3v) is 5.13. The number of hydrogen-bond donors (Lipinski definition) is 2. The molecule has 0 saturated carbocycles. The smallest absolute Gasteiger partial charge is 0.224 e. The Labute approximate surface area is 120 Å². The summed E-state index contributed by atoms with van der Waals surface area (Å²) in [7, 11) is 0.136. The van der Waals surface area contributed by atoms with Gasteiger partial charge in [0.15, 0.2) is 9.84 Å². The highest BCUT2D eigenvalue weighted by atomic mass is 32.2. The Morgan fingerprint density at radius 1 is 1.45 bits per heavy atom. The fourth-order valence-electron chi connectivity index (χ4n) is 2.21. The molecule has 0 radical (unpaired) electrons. The molecule has 8 heteroatoms. The summed E-state index contributed by atoms with van der Waals surface area (Å²) in [6.07, 6.45) is 0.135. The Balaban J connectivity index is 2.47. The van der Waals surface area contributed by atoms with Crippen LogP contribution in [0.25, 0.3) is 0 Å². The average molecular weight is 305 g/mol. The molecule has 2 amide bonds. The van der Waals surface area contributed by atoms with Crippen molar-refractivity contribution in [2.45, 2.75) is 19.4 Å². The van der Waals surface area contributed by atoms with Gasteiger partial charge in [-0.25, -0.2) is 8.42 Å². The second kappa shape index (κ2) is 7.03. The first-order chi connectivity index (χ1) is 9.25. The summed E-state index contributed by atoms with van der Waals surface area (Å²) in [5.74, 6) is -0.450. The molecule has 2 atom stereocenters. The van der Waals surface area contributed by atoms with Crippen LogP contribution >= 0.6 is 0 Å². The van der Waals surface area contributed by atoms with E-state index >= 15 is 0 Å². The molecule has 0 aromatic heterocycles. The average Bonchev–Trinajstić information content (AvgIpc) is 2.36. The van der Waals surface area contributed by atoms with Crippen LogP contribution in [0.1, 0.15) is 13.3 Å². The highest BCUT2D eigenvalue weighted by molar-refractivity contribution is 7.91. The van der Waals surface area contributed by atoms with Gasteiger partial charge in [0, 0.05) is 39.6 Å². The van der Waals surface area contributed by atoms with E-state index in [0.717, 1.165) is 0 Å². The maximum Gasteiger partial charge on any atom is 0.224 e. The molecule has 116 valence electrons. The summed E-state index contributed by atoms with van der Waals surface area (Å²) in [5, 5.41) is 5.57. The molecule has 1 heterocycles. The van der Waals surface area contributed by atoms with Gasteiger partial charge in [0.05, 0.1) is 17.4 Å². The molecular weight excluding hydrogens is 282 g/mol. The molecule has 2 unspecified atom stereocenters. The van der Waals surface area contributed by atoms with Crippen LogP contribution in [0.4, 0.5) is 0 Å². The molecule has 0 bridgehead atoms. The predicted molar refractivity (Wildman–Crippen MR) is 75.9 cm³/mol. The lowest BCUT2D eigenvalue weighted by molar-refractivity contribution is -0.132. The zero-order chi connectivity index (χ0) is 15.3. The van der Waals surface area contributed by atoms with Crippen molar-refractivity contribution in [3.05, 3.63) is 0 Å². The molecule has 2 N–H and O–H groups in total. The van der Waals surface area contributed by atoms with E-state index in [1.54, 1.807) is 21.0 Å². The van der Waals surface area contributed by atoms with E-state index in [9.17, 15) is 18.0 Å². The molecule has 0 spiro atoms. The second-order valence-corrected chi connectivity index (χ2v) is 7.49. The zero-order valence-corrected chi connectivity index (χ0v) is 13.0. The number of sulfone groups is 1. The number of hydrogen-bond acceptors (Lipinski definition) is 5. The van der Waals surface area contributed by atoms with Crippen LogP contribution in [-0.4, -0.2) is 69.9 Å². The first kappa shape index (κ1) is 16.9. The lowest BCUT2D eigenvalue weighted by Crippen LogP contribution is -2.48. The molecule has 1 aliphatic heterocycles. The van der Waals surface area contributed by atoms with E-state index in [2.05, 4.69) is 10.6 Å². The van der Waals surface area contributed by atoms with E-state index in [-0.39, 0.29) is 41.7 Å². The quantitative estimate of drug-likeness (QED) is 0.651. The topological polar surface area (TPSA) is 95.6 Å². The van der Waals surface area contributed by atoms with Crippen LogP contribution in [0.2, 0.25) is 0 Å². The highest BCUT2D eigenvalue weighted by Gasteiger charge is 2.27. The van der Waals surface area contributed by atoms with Gasteiger partial charge in [-0.1, -0.05) is 6.92 Å². The molecule has 1 rings (SSSR count). The summed E-state index contributed by atoms with van der Waals surface area (Å²) in [4.78, 5) is 24.9. The predicted octanol–water partition coefficient (Wildman–Crippen LogP) is -1.40. The number of carbonyl (C=O) groups is 2. The number of nitrogens with one attached hydrogen (secondary N) is 2. The van der Waals surface area contributed by atoms with Crippen molar-refractivity contribution >= 4 is 21.7 Å². The van der Waals surface area contributed by atoms with Crippen LogP contribution < -0.4 is 10.6 Å². The Hall–Kier alpha value is -1.15. The maximum atomic E-state index is 12.0. The highest BCUT2D eigenvalue weighted by Crippen LogP contribution is 2.08. The fourth-order valence-corrected chi connectivity index (χ4v) is 3.65. The van der Waals surface area contributed by atoms with E-state index in [4.69, 9.17) is 0 Å². The fraction of sp³-hybridized carbons (Fsp3) is 0.833. The Kier molecular flexibility index (Phi) is 5.94. The number of carbonyl (C=O) groups excluding carboxylic acids is 2. The van der Waals surface area contributed by atoms with Crippen molar-refractivity contribution in [3.63, 3.8) is 0 Å². The van der Waals surface area contributed by atoms with Crippen molar-refractivity contribution < 1.29 is 18.0 Å². The normalized spacial score (nSPS) is 22.9. The lowest BCUT2D eigenvalue weighted by atomic mass is 10.1. The zero-order valence-electron chi connectivity index (χ0n) is 12.2. The molecule has 20 heavy (non-hydrogen) atoms. The van der Waals surface area contributed by atoms with Crippen LogP contribution in [-0.2, 0) is 19.4 Å². The third kappa shape index (κ3) is 5.09. The Morgan fingerprint density at radius 2 is 2.10 bits per heavy atom. The summed E-state index contributed by atoms with van der Waals surface area (Å²) >= 11 is 0. The second-order valence-electron chi connectivity index (χ2n) is 5.26. The van der Waals surface area contributed by atoms with Gasteiger partial charge in [0.25, 0.3) is 0 Å². The van der Waals surface area contributed by atoms with Gasteiger partial charge in [-0.15, -0.1) is 0 Å². The SMILES string of the molecule is CNC(=O)C(C)CN(C)C(=O)CC1CS(=O)(=O)CCN1. The standard InChI is InChI=1S/C12H23N3O4S/c1-9(12(17)13-2)7-15(3)11(16)6-10-8-20(18,19)5-4-14-10/h9-10,14H,4-8H2,1-3H3,(H,13,17). The van der Waals surface area contributed by atoms with Gasteiger partial charge >= 0.3 is 0 Å². The van der Waals surface area contributed by atoms with Gasteiger partial charge in [0.2, 0.25) is 11.8 Å². The van der Waals surface area contributed by atoms with Gasteiger partial charge in [-0.05, 0) is 0 Å². The molecule has 0 aliphatic carbocycles. The minimum Gasteiger partial charge on any atom is -0.359 e. The van der Waals surface area contributed by atoms with Crippen molar-refractivity contribution in [2.24, 2.45) is 5.92 Å². The number of nitrogens with zero attached hydrogens (tertiary/aromatic N) is 1. The minimum absolute atomic E-state index is 0.00240. The lowest BCUT2D eigenvalue weighted by Gasteiger charge is -2.26. The first-order valence-corrected chi connectivity index (χ1v) is 8.46. The van der Waals surface area contributed by atoms with Crippen LogP contribution in [0.5, 0.6) is 0 Å². The molecule has 0 aromatic rings. The van der Waals surface area contributed by atoms with Crippen molar-refractivity contribution in [1.29, 1.82) is 0 Å². The molecule has 1 fully saturated rings. The molecule has 7 nitrogen and oxygen atoms in total. The molecule has 1 aliphatic rings. The maximum absolute atomic E-state index is 12.0. The number of amides is 2. The molecular formula is C12H23N3O4S. The monoisotopic (exact) mass is 305 g/mol. The van der Waals surface area contributed by atoms with E-state index in [0.29, 0.717) is 13.1 Å². The van der Waals surface area contributed by atoms with E-state index in [1.807, 2.05) is 0 Å². The summed E-state index contributed by atoms with van der Waals surface area (Å²) in [5.41, 5.74) is 0. The van der Waals surface area contributed by atoms with E-state index in [1.165, 1.54) is 4.90 Å². The van der Waals surface area contributed by atoms with Gasteiger partial charge < -0.3 is 15.5 Å². The van der Waals surface area contributed by atoms with Crippen LogP contribution in [0.3, 0.4) is 0 Å². The Morgan fingerprint density at radius 3 is 2.65 bits per heavy atom. The number of rotatable bonds is 5. The van der Waals surface area contributed by atoms with Crippen molar-refractivity contribution in [2.75, 3.05) is 38.7 Å². The van der Waals surface area contributed by atoms with Crippen molar-refractivity contribution in [1.82, 2.24) is 15.5 Å². The first-order valence-electron chi connectivity index (χ1n) is 6.64. The van der Waals surface area contributed by atoms with Crippen molar-refractivity contribution in [3.8, 4) is 0 Å². The third-order valence-electron chi connectivity index (χ3n) is 3.39. The summed E-state index contributed by atoms with van der Waals surface area (Å²) in [6, 6.07) is -0.334. The largest absolute Gasteiger partial charge is 0.359 e. The van der Waals surface area contributed by atoms with Gasteiger partial charge in [0.1, 0.15) is 0 Å². The molecule has 0 aromatic carbocycles. The van der Waals surface area contributed by atoms with Crippen LogP contribution in [0.15, 0.2) is 0 Å².